The Morgan fingerprint density at radius 1 is 0.393 bits per heavy atom. The van der Waals surface area contributed by atoms with Gasteiger partial charge in [-0.25, -0.2) is 0 Å². The Hall–Kier alpha value is -1.47. The van der Waals surface area contributed by atoms with Crippen molar-refractivity contribution < 1.29 is 25.2 Å². The molecule has 0 aromatic heterocycles. The Morgan fingerprint density at radius 2 is 0.689 bits per heavy atom. The van der Waals surface area contributed by atoms with Crippen LogP contribution in [0.5, 0.6) is 0 Å². The van der Waals surface area contributed by atoms with Gasteiger partial charge in [0, 0.05) is 0 Å². The van der Waals surface area contributed by atoms with Gasteiger partial charge in [0.2, 0.25) is 5.91 Å². The molecule has 4 atom stereocenters. The van der Waals surface area contributed by atoms with Crippen molar-refractivity contribution in [2.75, 3.05) is 6.61 Å². The summed E-state index contributed by atoms with van der Waals surface area (Å²) in [6, 6.07) is -1.01. The molecule has 1 amide bonds. The maximum Gasteiger partial charge on any atom is 0.249 e. The second kappa shape index (κ2) is 49.5. The predicted octanol–water partition coefficient (Wildman–Crippen LogP) is 15.2. The second-order valence-corrected chi connectivity index (χ2v) is 18.6. The molecule has 5 N–H and O–H groups in total. The fourth-order valence-corrected chi connectivity index (χ4v) is 8.30. The zero-order chi connectivity index (χ0) is 44.5. The number of unbranched alkanes of at least 4 members (excludes halogenated alkanes) is 34. The van der Waals surface area contributed by atoms with Crippen LogP contribution in [0.1, 0.15) is 277 Å². The van der Waals surface area contributed by atoms with Crippen LogP contribution in [0.15, 0.2) is 36.5 Å². The lowest BCUT2D eigenvalue weighted by Crippen LogP contribution is -2.53. The topological polar surface area (TPSA) is 110 Å². The number of amides is 1. The summed E-state index contributed by atoms with van der Waals surface area (Å²) in [6.07, 6.45) is 60.7. The molecule has 0 aromatic carbocycles. The molecule has 0 rings (SSSR count). The van der Waals surface area contributed by atoms with Crippen molar-refractivity contribution in [1.82, 2.24) is 5.32 Å². The smallest absolute Gasteiger partial charge is 0.249 e. The van der Waals surface area contributed by atoms with Crippen molar-refractivity contribution in [3.8, 4) is 0 Å². The van der Waals surface area contributed by atoms with Gasteiger partial charge in [0.15, 0.2) is 0 Å². The second-order valence-electron chi connectivity index (χ2n) is 18.6. The van der Waals surface area contributed by atoms with Crippen molar-refractivity contribution in [2.45, 2.75) is 301 Å². The van der Waals surface area contributed by atoms with E-state index in [1.165, 1.54) is 193 Å². The van der Waals surface area contributed by atoms with E-state index in [1.807, 2.05) is 0 Å². The summed E-state index contributed by atoms with van der Waals surface area (Å²) >= 11 is 0. The molecule has 0 bridgehead atoms. The molecule has 0 saturated carbocycles. The molecule has 0 spiro atoms. The third kappa shape index (κ3) is 43.6. The first-order valence-electron chi connectivity index (χ1n) is 26.9. The number of hydrogen-bond donors (Lipinski definition) is 5. The molecule has 0 heterocycles. The van der Waals surface area contributed by atoms with Crippen LogP contribution in [-0.4, -0.2) is 57.3 Å². The normalized spacial score (nSPS) is 14.1. The van der Waals surface area contributed by atoms with Crippen molar-refractivity contribution in [3.63, 3.8) is 0 Å². The molecule has 0 radical (unpaired) electrons. The van der Waals surface area contributed by atoms with Gasteiger partial charge in [-0.2, -0.15) is 0 Å². The lowest BCUT2D eigenvalue weighted by Gasteiger charge is -2.27. The van der Waals surface area contributed by atoms with E-state index in [-0.39, 0.29) is 0 Å². The van der Waals surface area contributed by atoms with Crippen LogP contribution in [0.25, 0.3) is 0 Å². The molecule has 4 unspecified atom stereocenters. The van der Waals surface area contributed by atoms with E-state index < -0.39 is 36.9 Å². The van der Waals surface area contributed by atoms with E-state index in [2.05, 4.69) is 55.6 Å². The first kappa shape index (κ1) is 59.5. The van der Waals surface area contributed by atoms with E-state index in [0.29, 0.717) is 19.3 Å². The Morgan fingerprint density at radius 3 is 1.03 bits per heavy atom. The van der Waals surface area contributed by atoms with Gasteiger partial charge in [0.25, 0.3) is 0 Å². The molecule has 6 heteroatoms. The summed E-state index contributed by atoms with van der Waals surface area (Å²) in [4.78, 5) is 12.5. The number of allylic oxidation sites excluding steroid dienone is 6. The minimum atomic E-state index is -1.29. The molecule has 0 aliphatic rings. The van der Waals surface area contributed by atoms with E-state index in [4.69, 9.17) is 0 Å². The zero-order valence-electron chi connectivity index (χ0n) is 40.7. The average Bonchev–Trinajstić information content (AvgIpc) is 3.26. The van der Waals surface area contributed by atoms with Crippen LogP contribution in [0.2, 0.25) is 0 Å². The minimum absolute atomic E-state index is 0.346. The molecular formula is C55H105NO5. The molecule has 360 valence electrons. The van der Waals surface area contributed by atoms with Gasteiger partial charge < -0.3 is 25.7 Å². The molecule has 6 nitrogen and oxygen atoms in total. The summed E-state index contributed by atoms with van der Waals surface area (Å²) in [6.45, 7) is 4.05. The van der Waals surface area contributed by atoms with Crippen LogP contribution in [0, 0.1) is 0 Å². The first-order chi connectivity index (χ1) is 30.0. The lowest BCUT2D eigenvalue weighted by atomic mass is 10.00. The highest BCUT2D eigenvalue weighted by Gasteiger charge is 2.28. The summed E-state index contributed by atoms with van der Waals surface area (Å²) < 4.78 is 0. The highest BCUT2D eigenvalue weighted by atomic mass is 16.3. The van der Waals surface area contributed by atoms with Gasteiger partial charge in [-0.15, -0.1) is 0 Å². The fourth-order valence-electron chi connectivity index (χ4n) is 8.30. The van der Waals surface area contributed by atoms with Crippen molar-refractivity contribution in [3.05, 3.63) is 36.5 Å². The highest BCUT2D eigenvalue weighted by Crippen LogP contribution is 2.17. The van der Waals surface area contributed by atoms with Crippen LogP contribution < -0.4 is 5.32 Å². The fraction of sp³-hybridized carbons (Fsp3) is 0.873. The Bertz CT molecular complexity index is 966. The largest absolute Gasteiger partial charge is 0.394 e. The summed E-state index contributed by atoms with van der Waals surface area (Å²) in [5, 5.41) is 43.8. The van der Waals surface area contributed by atoms with E-state index in [9.17, 15) is 25.2 Å². The number of hydrogen-bond acceptors (Lipinski definition) is 5. The SMILES string of the molecule is CCCCCCCCCCC/C=C\CCCCCCC(O)C(=O)NC(CO)C(O)C(O)CCC/C=C/CC/C=C/CCCCCCCCCCCCCCCCCCCCC. The standard InChI is InChI=1S/C55H105NO5/c1-3-5-7-9-11-13-15-17-19-21-22-23-24-25-26-27-28-29-30-31-33-34-36-38-40-42-44-46-48-52(58)54(60)51(50-57)56-55(61)53(59)49-47-45-43-41-39-37-35-32-20-18-16-14-12-10-8-6-4-2/h33-35,37,40,42,51-54,57-60H,3-32,36,38-39,41,43-50H2,1-2H3,(H,56,61)/b34-33+,37-35-,42-40+. The highest BCUT2D eigenvalue weighted by molar-refractivity contribution is 5.80. The number of carbonyl (C=O) groups is 1. The van der Waals surface area contributed by atoms with Crippen LogP contribution in [0.3, 0.4) is 0 Å². The van der Waals surface area contributed by atoms with Crippen LogP contribution in [0.4, 0.5) is 0 Å². The van der Waals surface area contributed by atoms with Crippen molar-refractivity contribution >= 4 is 5.91 Å². The number of rotatable bonds is 49. The quantitative estimate of drug-likeness (QED) is 0.0309. The average molecular weight is 860 g/mol. The van der Waals surface area contributed by atoms with E-state index >= 15 is 0 Å². The molecular weight excluding hydrogens is 755 g/mol. The number of carbonyl (C=O) groups excluding carboxylic acids is 1. The zero-order valence-corrected chi connectivity index (χ0v) is 40.7. The number of nitrogens with one attached hydrogen (secondary N) is 1. The molecule has 0 saturated heterocycles. The van der Waals surface area contributed by atoms with E-state index in [0.717, 1.165) is 51.4 Å². The third-order valence-corrected chi connectivity index (χ3v) is 12.6. The van der Waals surface area contributed by atoms with Crippen molar-refractivity contribution in [1.29, 1.82) is 0 Å². The van der Waals surface area contributed by atoms with Gasteiger partial charge in [-0.3, -0.25) is 4.79 Å². The number of aliphatic hydroxyl groups excluding tert-OH is 4. The molecule has 0 aromatic rings. The monoisotopic (exact) mass is 860 g/mol. The minimum Gasteiger partial charge on any atom is -0.394 e. The maximum absolute atomic E-state index is 12.5. The maximum atomic E-state index is 12.5. The Kier molecular flexibility index (Phi) is 48.3. The first-order valence-corrected chi connectivity index (χ1v) is 26.9. The van der Waals surface area contributed by atoms with Crippen molar-refractivity contribution in [2.24, 2.45) is 0 Å². The van der Waals surface area contributed by atoms with Gasteiger partial charge in [-0.05, 0) is 77.0 Å². The molecule has 0 aliphatic carbocycles. The number of aliphatic hydroxyl groups is 4. The lowest BCUT2D eigenvalue weighted by molar-refractivity contribution is -0.132. The summed E-state index contributed by atoms with van der Waals surface area (Å²) in [7, 11) is 0. The Balaban J connectivity index is 3.70. The summed E-state index contributed by atoms with van der Waals surface area (Å²) in [5.41, 5.74) is 0. The molecule has 61 heavy (non-hydrogen) atoms. The third-order valence-electron chi connectivity index (χ3n) is 12.6. The van der Waals surface area contributed by atoms with Gasteiger partial charge >= 0.3 is 0 Å². The van der Waals surface area contributed by atoms with Gasteiger partial charge in [0.1, 0.15) is 12.2 Å². The molecule has 0 fully saturated rings. The van der Waals surface area contributed by atoms with Crippen LogP contribution in [-0.2, 0) is 4.79 Å². The van der Waals surface area contributed by atoms with Gasteiger partial charge in [-0.1, -0.05) is 237 Å². The van der Waals surface area contributed by atoms with Crippen LogP contribution >= 0.6 is 0 Å². The van der Waals surface area contributed by atoms with E-state index in [1.54, 1.807) is 0 Å². The summed E-state index contributed by atoms with van der Waals surface area (Å²) in [5.74, 6) is -0.604. The van der Waals surface area contributed by atoms with Gasteiger partial charge in [0.05, 0.1) is 18.8 Å². The molecule has 0 aliphatic heterocycles. The predicted molar refractivity (Wildman–Crippen MR) is 265 cm³/mol. The Labute approximate surface area is 379 Å².